The molecule has 4 aliphatic rings. The van der Waals surface area contributed by atoms with E-state index < -0.39 is 47.1 Å². The minimum absolute atomic E-state index is 0.00588. The van der Waals surface area contributed by atoms with Crippen molar-refractivity contribution in [1.29, 1.82) is 0 Å². The summed E-state index contributed by atoms with van der Waals surface area (Å²) >= 11 is 0. The first-order valence-corrected chi connectivity index (χ1v) is 16.4. The third-order valence-electron chi connectivity index (χ3n) is 9.17. The molecule has 0 aromatic heterocycles. The highest BCUT2D eigenvalue weighted by atomic mass is 31.1. The highest BCUT2D eigenvalue weighted by molar-refractivity contribution is 7.39. The summed E-state index contributed by atoms with van der Waals surface area (Å²) in [6.07, 6.45) is 9.07. The molecule has 0 radical (unpaired) electrons. The molecule has 2 heterocycles. The Morgan fingerprint density at radius 2 is 1.71 bits per heavy atom. The standard InChI is InChI=1S/C30H42F2N3O5P/c31-23-12-8-13-24(32)22(23)18-41-30-16-19(30)9-4-2-1-3-5-14-25(33-29(39)40-21-10-6-7-11-21)28(38)35-17-20(36)15-26(35)27(37)34-30/h8,12-13,19-21,25-26,36,41H,1-7,9-11,14-18H2,(H,33,39)(H,34,37). The van der Waals surface area contributed by atoms with Gasteiger partial charge in [-0.05, 0) is 69.2 Å². The Morgan fingerprint density at radius 3 is 2.44 bits per heavy atom. The maximum absolute atomic E-state index is 14.4. The van der Waals surface area contributed by atoms with Crippen LogP contribution in [0.25, 0.3) is 0 Å². The molecule has 3 N–H and O–H groups in total. The van der Waals surface area contributed by atoms with Crippen molar-refractivity contribution in [3.05, 3.63) is 35.4 Å². The van der Waals surface area contributed by atoms with Gasteiger partial charge in [0.25, 0.3) is 0 Å². The number of fused-ring (bicyclic) bond motifs is 2. The number of alkyl carbamates (subject to hydrolysis) is 1. The van der Waals surface area contributed by atoms with Crippen LogP contribution in [0.1, 0.15) is 89.0 Å². The molecule has 6 unspecified atom stereocenters. The molecule has 4 fully saturated rings. The van der Waals surface area contributed by atoms with Gasteiger partial charge in [-0.1, -0.05) is 46.8 Å². The van der Waals surface area contributed by atoms with Crippen LogP contribution in [0.4, 0.5) is 13.6 Å². The molecule has 2 aliphatic carbocycles. The number of nitrogens with one attached hydrogen (secondary N) is 2. The summed E-state index contributed by atoms with van der Waals surface area (Å²) in [6.45, 7) is 0.00588. The number of halogens is 2. The lowest BCUT2D eigenvalue weighted by Gasteiger charge is -2.30. The predicted octanol–water partition coefficient (Wildman–Crippen LogP) is 4.72. The van der Waals surface area contributed by atoms with Crippen molar-refractivity contribution >= 4 is 26.5 Å². The zero-order valence-corrected chi connectivity index (χ0v) is 24.5. The lowest BCUT2D eigenvalue weighted by Crippen LogP contribution is -2.55. The van der Waals surface area contributed by atoms with Gasteiger partial charge in [0.15, 0.2) is 0 Å². The van der Waals surface area contributed by atoms with E-state index in [2.05, 4.69) is 10.6 Å². The maximum atomic E-state index is 14.4. The SMILES string of the molecule is O=C(NC1CCCCCCCC2CC2(PCc2c(F)cccc2F)NC(=O)C2CC(O)CN2C1=O)OC1CCCC1. The van der Waals surface area contributed by atoms with Crippen LogP contribution in [-0.4, -0.2) is 64.0 Å². The van der Waals surface area contributed by atoms with E-state index in [0.717, 1.165) is 70.6 Å². The van der Waals surface area contributed by atoms with E-state index in [4.69, 9.17) is 4.74 Å². The van der Waals surface area contributed by atoms with Crippen LogP contribution in [0, 0.1) is 17.6 Å². The first-order chi connectivity index (χ1) is 19.8. The van der Waals surface area contributed by atoms with E-state index in [0.29, 0.717) is 6.42 Å². The van der Waals surface area contributed by atoms with Crippen molar-refractivity contribution in [3.63, 3.8) is 0 Å². The third kappa shape index (κ3) is 7.37. The number of aliphatic hydroxyl groups excluding tert-OH is 1. The van der Waals surface area contributed by atoms with Gasteiger partial charge in [0.2, 0.25) is 11.8 Å². The predicted molar refractivity (Wildman–Crippen MR) is 151 cm³/mol. The highest BCUT2D eigenvalue weighted by Gasteiger charge is 2.55. The second kappa shape index (κ2) is 13.3. The summed E-state index contributed by atoms with van der Waals surface area (Å²) in [4.78, 5) is 41.6. The van der Waals surface area contributed by atoms with Crippen LogP contribution >= 0.6 is 8.58 Å². The first-order valence-electron chi connectivity index (χ1n) is 15.2. The number of hydrogen-bond donors (Lipinski definition) is 3. The van der Waals surface area contributed by atoms with Crippen molar-refractivity contribution in [1.82, 2.24) is 15.5 Å². The molecule has 1 aromatic rings. The number of carbonyl (C=O) groups excluding carboxylic acids is 3. The number of benzene rings is 1. The Kier molecular flexibility index (Phi) is 9.80. The molecular formula is C30H42F2N3O5P. The minimum atomic E-state index is -0.883. The fourth-order valence-corrected chi connectivity index (χ4v) is 8.57. The van der Waals surface area contributed by atoms with E-state index in [9.17, 15) is 28.3 Å². The van der Waals surface area contributed by atoms with E-state index in [-0.39, 0.29) is 51.2 Å². The molecule has 3 amide bonds. The number of rotatable bonds is 5. The molecule has 2 saturated heterocycles. The van der Waals surface area contributed by atoms with Gasteiger partial charge in [0, 0.05) is 18.5 Å². The van der Waals surface area contributed by atoms with Crippen LogP contribution in [0.15, 0.2) is 18.2 Å². The van der Waals surface area contributed by atoms with Crippen LogP contribution in [0.5, 0.6) is 0 Å². The Bertz CT molecular complexity index is 1100. The van der Waals surface area contributed by atoms with Gasteiger partial charge < -0.3 is 25.4 Å². The number of carbonyl (C=O) groups is 3. The van der Waals surface area contributed by atoms with E-state index in [1.54, 1.807) is 0 Å². The molecule has 6 atom stereocenters. The van der Waals surface area contributed by atoms with E-state index >= 15 is 0 Å². The summed E-state index contributed by atoms with van der Waals surface area (Å²) in [5, 5.41) is 15.9. The van der Waals surface area contributed by atoms with Crippen molar-refractivity contribution in [3.8, 4) is 0 Å². The Balaban J connectivity index is 1.31. The summed E-state index contributed by atoms with van der Waals surface area (Å²) < 4.78 is 34.3. The molecule has 226 valence electrons. The van der Waals surface area contributed by atoms with Gasteiger partial charge in [-0.3, -0.25) is 9.59 Å². The molecular weight excluding hydrogens is 551 g/mol. The number of amides is 3. The number of hydrogen-bond acceptors (Lipinski definition) is 5. The van der Waals surface area contributed by atoms with Crippen molar-refractivity contribution < 1.29 is 33.0 Å². The van der Waals surface area contributed by atoms with Gasteiger partial charge in [0.05, 0.1) is 11.4 Å². The first kappa shape index (κ1) is 30.1. The quantitative estimate of drug-likeness (QED) is 0.429. The average Bonchev–Trinajstić information content (AvgIpc) is 3.22. The second-order valence-corrected chi connectivity index (χ2v) is 13.8. The number of ether oxygens (including phenoxy) is 1. The normalized spacial score (nSPS) is 31.7. The average molecular weight is 594 g/mol. The molecule has 0 bridgehead atoms. The molecule has 11 heteroatoms. The van der Waals surface area contributed by atoms with Crippen LogP contribution in [-0.2, 0) is 20.5 Å². The van der Waals surface area contributed by atoms with Gasteiger partial charge in [-0.15, -0.1) is 0 Å². The van der Waals surface area contributed by atoms with Crippen molar-refractivity contribution in [2.45, 2.75) is 119 Å². The zero-order valence-electron chi connectivity index (χ0n) is 23.5. The van der Waals surface area contributed by atoms with Gasteiger partial charge in [-0.25, -0.2) is 13.6 Å². The van der Waals surface area contributed by atoms with Crippen molar-refractivity contribution in [2.75, 3.05) is 6.54 Å². The number of aliphatic hydroxyl groups is 1. The fraction of sp³-hybridized carbons (Fsp3) is 0.700. The summed E-state index contributed by atoms with van der Waals surface area (Å²) in [7, 11) is 0.0770. The lowest BCUT2D eigenvalue weighted by atomic mass is 10.0. The molecule has 1 aromatic carbocycles. The van der Waals surface area contributed by atoms with Crippen LogP contribution in [0.2, 0.25) is 0 Å². The number of nitrogens with zero attached hydrogens (tertiary/aromatic N) is 1. The van der Waals surface area contributed by atoms with E-state index in [1.165, 1.54) is 23.1 Å². The van der Waals surface area contributed by atoms with Crippen LogP contribution in [0.3, 0.4) is 0 Å². The minimum Gasteiger partial charge on any atom is -0.446 e. The molecule has 0 spiro atoms. The largest absolute Gasteiger partial charge is 0.446 e. The van der Waals surface area contributed by atoms with Gasteiger partial charge >= 0.3 is 6.09 Å². The lowest BCUT2D eigenvalue weighted by molar-refractivity contribution is -0.140. The molecule has 2 aliphatic heterocycles. The summed E-state index contributed by atoms with van der Waals surface area (Å²) in [5.74, 6) is -1.72. The maximum Gasteiger partial charge on any atom is 0.408 e. The molecule has 8 nitrogen and oxygen atoms in total. The third-order valence-corrected chi connectivity index (χ3v) is 11.1. The highest BCUT2D eigenvalue weighted by Crippen LogP contribution is 2.59. The Morgan fingerprint density at radius 1 is 1.05 bits per heavy atom. The van der Waals surface area contributed by atoms with Crippen LogP contribution < -0.4 is 10.6 Å². The molecule has 5 rings (SSSR count). The topological polar surface area (TPSA) is 108 Å². The van der Waals surface area contributed by atoms with Crippen molar-refractivity contribution in [2.24, 2.45) is 5.92 Å². The summed E-state index contributed by atoms with van der Waals surface area (Å²) in [6, 6.07) is 2.11. The Hall–Kier alpha value is -2.32. The van der Waals surface area contributed by atoms with E-state index in [1.807, 2.05) is 0 Å². The fourth-order valence-electron chi connectivity index (χ4n) is 6.71. The second-order valence-electron chi connectivity index (χ2n) is 12.2. The zero-order chi connectivity index (χ0) is 29.0. The van der Waals surface area contributed by atoms with Gasteiger partial charge in [-0.2, -0.15) is 0 Å². The summed E-state index contributed by atoms with van der Waals surface area (Å²) in [5.41, 5.74) is 0.0301. The monoisotopic (exact) mass is 593 g/mol. The molecule has 2 saturated carbocycles. The smallest absolute Gasteiger partial charge is 0.408 e. The van der Waals surface area contributed by atoms with Gasteiger partial charge in [0.1, 0.15) is 29.8 Å². The Labute approximate surface area is 242 Å². The molecule has 41 heavy (non-hydrogen) atoms.